The summed E-state index contributed by atoms with van der Waals surface area (Å²) >= 11 is 19.2. The first-order valence-electron chi connectivity index (χ1n) is 47.3. The topological polar surface area (TPSA) is 280 Å². The van der Waals surface area contributed by atoms with Gasteiger partial charge in [-0.1, -0.05) is 329 Å². The van der Waals surface area contributed by atoms with Crippen molar-refractivity contribution in [2.75, 3.05) is 42.2 Å². The normalized spacial score (nSPS) is 11.3. The molecular formula is C123H128Cl3N3O17. The van der Waals surface area contributed by atoms with Crippen LogP contribution in [0.2, 0.25) is 5.02 Å². The third-order valence-electron chi connectivity index (χ3n) is 23.1. The smallest absolute Gasteiger partial charge is 0.269 e. The molecule has 0 aromatic heterocycles. The molecule has 0 aliphatic heterocycles. The van der Waals surface area contributed by atoms with Crippen molar-refractivity contribution >= 4 is 52.1 Å². The Morgan fingerprint density at radius 2 is 0.760 bits per heavy atom. The number of alkyl halides is 2. The summed E-state index contributed by atoms with van der Waals surface area (Å²) in [5.74, 6) is 6.05. The highest BCUT2D eigenvalue weighted by Crippen LogP contribution is 2.46. The van der Waals surface area contributed by atoms with Gasteiger partial charge in [0.05, 0.1) is 79.5 Å². The van der Waals surface area contributed by atoms with Crippen molar-refractivity contribution in [1.82, 2.24) is 5.32 Å². The number of non-ortho nitro benzene ring substituents is 1. The van der Waals surface area contributed by atoms with Crippen LogP contribution in [0.15, 0.2) is 387 Å². The van der Waals surface area contributed by atoms with Crippen molar-refractivity contribution < 1.29 is 78.4 Å². The predicted octanol–water partition coefficient (Wildman–Crippen LogP) is 27.0. The second kappa shape index (κ2) is 61.2. The monoisotopic (exact) mass is 2020 g/mol. The van der Waals surface area contributed by atoms with Crippen LogP contribution in [0.25, 0.3) is 0 Å². The summed E-state index contributed by atoms with van der Waals surface area (Å²) < 4.78 is 43.1. The first kappa shape index (κ1) is 115. The maximum atomic E-state index is 12.6. The van der Waals surface area contributed by atoms with Gasteiger partial charge >= 0.3 is 0 Å². The van der Waals surface area contributed by atoms with E-state index >= 15 is 0 Å². The van der Waals surface area contributed by atoms with Gasteiger partial charge in [-0.15, -0.1) is 23.2 Å². The molecule has 16 aromatic rings. The fourth-order valence-corrected chi connectivity index (χ4v) is 15.4. The fraction of sp³-hybridized carbons (Fsp3) is 0.203. The minimum absolute atomic E-state index is 0.00458. The molecule has 0 saturated carbocycles. The average Bonchev–Trinajstić information content (AvgIpc) is 0.756. The number of nitrogens with zero attached hydrogens (tertiary/aromatic N) is 2. The molecule has 23 heteroatoms. The summed E-state index contributed by atoms with van der Waals surface area (Å²) in [6.07, 6.45) is 0.188. The number of halogens is 3. The lowest BCUT2D eigenvalue weighted by molar-refractivity contribution is -0.384. The number of hydrogen-bond donors (Lipinski definition) is 7. The number of nitrogens with one attached hydrogen (secondary N) is 1. The van der Waals surface area contributed by atoms with Crippen molar-refractivity contribution in [1.29, 1.82) is 0 Å². The SMILES string of the molecule is COc1cc(OCCCC(=O)NC(c2ccccc2)c2ccc(C)cc2)ccc1CO.COc1cc(OCc2ccc(C)cc2)ccc1CO.COc1ccc(C(O)c2ccc(OC)cc2OC)cc1.Cc1ccc(/C(=N\O)c2ccc([N+](=O)[O-])cc2)cc1.Cc1ccc(C(Cl)(c2ccccc2)c2ccccc2Cl)cc1.Cc1ccc(CCl)cc1.Cc1ccc(CO)cc1.Cc1ccc(COc2ccc(CO)cc2)cc1. The molecule has 0 radical (unpaired) electrons. The Bertz CT molecular complexity index is 6550. The van der Waals surface area contributed by atoms with Gasteiger partial charge < -0.3 is 74.0 Å². The van der Waals surface area contributed by atoms with Crippen LogP contribution in [0.1, 0.15) is 153 Å². The Labute approximate surface area is 872 Å². The van der Waals surface area contributed by atoms with Crippen LogP contribution in [0.5, 0.6) is 46.0 Å². The third-order valence-corrected chi connectivity index (χ3v) is 24.3. The van der Waals surface area contributed by atoms with Gasteiger partial charge in [0.2, 0.25) is 5.91 Å². The summed E-state index contributed by atoms with van der Waals surface area (Å²) in [6, 6.07) is 121. The fourth-order valence-electron chi connectivity index (χ4n) is 14.5. The Hall–Kier alpha value is -15.1. The van der Waals surface area contributed by atoms with Crippen LogP contribution in [-0.4, -0.2) is 89.4 Å². The third kappa shape index (κ3) is 36.7. The molecule has 16 aromatic carbocycles. The van der Waals surface area contributed by atoms with Crippen molar-refractivity contribution in [3.8, 4) is 46.0 Å². The van der Waals surface area contributed by atoms with Gasteiger partial charge in [-0.3, -0.25) is 14.9 Å². The maximum Gasteiger partial charge on any atom is 0.269 e. The van der Waals surface area contributed by atoms with Crippen LogP contribution >= 0.6 is 34.8 Å². The Kier molecular flexibility index (Phi) is 48.0. The Morgan fingerprint density at radius 1 is 0.390 bits per heavy atom. The summed E-state index contributed by atoms with van der Waals surface area (Å²) in [5.41, 5.74) is 23.5. The lowest BCUT2D eigenvalue weighted by atomic mass is 9.84. The molecule has 0 saturated heterocycles. The molecule has 1 amide bonds. The van der Waals surface area contributed by atoms with Gasteiger partial charge in [0.1, 0.15) is 75.9 Å². The molecule has 758 valence electrons. The molecular weight excluding hydrogens is 1900 g/mol. The lowest BCUT2D eigenvalue weighted by Gasteiger charge is -2.30. The number of nitro groups is 1. The number of rotatable bonds is 32. The number of ether oxygens (including phenoxy) is 8. The van der Waals surface area contributed by atoms with E-state index in [4.69, 9.17) is 93.2 Å². The number of benzene rings is 16. The standard InChI is InChI=1S/C26H29NO4.C20H16Cl2.C16H18O4.C16H18O3.C15H16O2.C14H12N2O3.C8H9Cl.C8H10O/c1-19-10-12-21(13-11-19)26(20-7-4-3-5-8-20)27-25(29)9-6-16-31-23-15-14-22(18-28)24(17-23)30-2;1-15-11-13-17(14-12-15)20(22,16-7-3-2-4-8-16)18-9-5-6-10-19(18)21;1-18-12-6-4-11(5-7-12)16(17)14-9-8-13(19-2)10-15(14)20-3;1-12-3-5-13(6-4-12)11-19-15-8-7-14(10-17)16(9-15)18-2;1-12-2-4-14(5-3-12)11-17-15-8-6-13(10-16)7-9-15;1-10-2-4-11(5-3-10)14(15-17)12-6-8-13(9-7-12)16(18)19;2*1-7-2-4-8(6-9)5-3-7/h3-5,7-8,10-15,17,26,28H,6,9,16,18H2,1-2H3,(H,27,29);2-14H,1H3;4-10,16-17H,1-3H3;3-9,17H,10-11H2,1-2H3;2-9,16H,10-11H2,1H3;2-9,17H,1H3;2-5H,6H2,1H3;2-5,9H,6H2,1H3/b;;;;;15-14+;;. The van der Waals surface area contributed by atoms with E-state index in [1.165, 1.54) is 51.1 Å². The summed E-state index contributed by atoms with van der Waals surface area (Å²) in [5, 5.41) is 73.3. The minimum atomic E-state index is -0.798. The molecule has 0 bridgehead atoms. The van der Waals surface area contributed by atoms with E-state index in [2.05, 4.69) is 147 Å². The van der Waals surface area contributed by atoms with Crippen molar-refractivity contribution in [2.24, 2.45) is 5.16 Å². The summed E-state index contributed by atoms with van der Waals surface area (Å²) in [6.45, 7) is 15.9. The highest BCUT2D eigenvalue weighted by atomic mass is 35.5. The van der Waals surface area contributed by atoms with E-state index in [1.54, 1.807) is 90.1 Å². The Morgan fingerprint density at radius 3 is 1.21 bits per heavy atom. The van der Waals surface area contributed by atoms with E-state index in [0.29, 0.717) is 94.7 Å². The molecule has 0 aliphatic carbocycles. The van der Waals surface area contributed by atoms with Crippen LogP contribution < -0.4 is 43.2 Å². The van der Waals surface area contributed by atoms with Gasteiger partial charge in [0.25, 0.3) is 5.69 Å². The number of carbonyl (C=O) groups is 1. The van der Waals surface area contributed by atoms with E-state index in [0.717, 1.165) is 89.6 Å². The van der Waals surface area contributed by atoms with Crippen LogP contribution in [0.4, 0.5) is 5.69 Å². The summed E-state index contributed by atoms with van der Waals surface area (Å²) in [4.78, 5) is 22.0. The lowest BCUT2D eigenvalue weighted by Crippen LogP contribution is -2.29. The van der Waals surface area contributed by atoms with Crippen molar-refractivity contribution in [3.63, 3.8) is 0 Å². The molecule has 20 nitrogen and oxygen atoms in total. The second-order valence-corrected chi connectivity index (χ2v) is 35.2. The Balaban J connectivity index is 0.000000190. The molecule has 0 fully saturated rings. The number of aryl methyl sites for hydroxylation is 7. The minimum Gasteiger partial charge on any atom is -0.497 e. The molecule has 3 unspecified atom stereocenters. The molecule has 0 spiro atoms. The first-order chi connectivity index (χ1) is 70.7. The number of methoxy groups -OCH3 is 5. The zero-order chi connectivity index (χ0) is 105. The van der Waals surface area contributed by atoms with Crippen LogP contribution in [-0.2, 0) is 55.2 Å². The molecule has 0 aliphatic rings. The average molecular weight is 2030 g/mol. The number of carbonyl (C=O) groups excluding carboxylic acids is 1. The quantitative estimate of drug-likeness (QED) is 0.00392. The maximum absolute atomic E-state index is 12.6. The number of oxime groups is 1. The zero-order valence-corrected chi connectivity index (χ0v) is 86.6. The van der Waals surface area contributed by atoms with Crippen LogP contribution in [0.3, 0.4) is 0 Å². The number of amides is 1. The largest absolute Gasteiger partial charge is 0.497 e. The molecule has 3 atom stereocenters. The highest BCUT2D eigenvalue weighted by molar-refractivity contribution is 6.35. The van der Waals surface area contributed by atoms with Gasteiger partial charge in [-0.2, -0.15) is 0 Å². The molecule has 146 heavy (non-hydrogen) atoms. The zero-order valence-electron chi connectivity index (χ0n) is 84.3. The molecule has 16 rings (SSSR count). The van der Waals surface area contributed by atoms with E-state index in [9.17, 15) is 25.1 Å². The number of nitro benzene ring substituents is 1. The highest BCUT2D eigenvalue weighted by Gasteiger charge is 2.36. The predicted molar refractivity (Wildman–Crippen MR) is 585 cm³/mol. The summed E-state index contributed by atoms with van der Waals surface area (Å²) in [7, 11) is 7.91. The first-order valence-corrected chi connectivity index (χ1v) is 48.6. The number of hydrogen-bond acceptors (Lipinski definition) is 18. The van der Waals surface area contributed by atoms with Crippen molar-refractivity contribution in [2.45, 2.75) is 124 Å². The number of aliphatic hydroxyl groups is 5. The van der Waals surface area contributed by atoms with Crippen LogP contribution in [0, 0.1) is 58.6 Å². The van der Waals surface area contributed by atoms with Gasteiger partial charge in [0.15, 0.2) is 0 Å². The molecule has 0 heterocycles. The second-order valence-electron chi connectivity index (χ2n) is 33.9. The van der Waals surface area contributed by atoms with E-state index < -0.39 is 15.9 Å². The van der Waals surface area contributed by atoms with E-state index in [1.807, 2.05) is 227 Å². The van der Waals surface area contributed by atoms with Crippen molar-refractivity contribution in [3.05, 3.63) is 525 Å². The van der Waals surface area contributed by atoms with Gasteiger partial charge in [-0.25, -0.2) is 0 Å². The van der Waals surface area contributed by atoms with Gasteiger partial charge in [-0.05, 0) is 189 Å². The molecule has 7 N–H and O–H groups in total. The van der Waals surface area contributed by atoms with Gasteiger partial charge in [0, 0.05) is 81.0 Å². The number of aliphatic hydroxyl groups excluding tert-OH is 5. The van der Waals surface area contributed by atoms with E-state index in [-0.39, 0.29) is 44.1 Å².